The average Bonchev–Trinajstić information content (AvgIpc) is 2.57. The molecule has 14 heavy (non-hydrogen) atoms. The highest BCUT2D eigenvalue weighted by Gasteiger charge is 2.41. The molecule has 1 saturated heterocycles. The Hall–Kier alpha value is 0.250. The standard InChI is InChI=1S/C12H23ClO/c1-4-11(5-2)8-12(9-13)6-7-14-10(12)3/h10-11H,4-9H2,1-3H3. The van der Waals surface area contributed by atoms with E-state index in [1.54, 1.807) is 0 Å². The summed E-state index contributed by atoms with van der Waals surface area (Å²) < 4.78 is 5.67. The van der Waals surface area contributed by atoms with E-state index in [1.165, 1.54) is 19.3 Å². The molecule has 0 aromatic heterocycles. The van der Waals surface area contributed by atoms with Crippen LogP contribution in [0.2, 0.25) is 0 Å². The van der Waals surface area contributed by atoms with E-state index in [4.69, 9.17) is 16.3 Å². The lowest BCUT2D eigenvalue weighted by Gasteiger charge is -2.33. The normalized spacial score (nSPS) is 32.8. The minimum atomic E-state index is 0.262. The van der Waals surface area contributed by atoms with Crippen molar-refractivity contribution in [2.45, 2.75) is 52.6 Å². The topological polar surface area (TPSA) is 9.23 Å². The van der Waals surface area contributed by atoms with Gasteiger partial charge in [0.05, 0.1) is 6.10 Å². The van der Waals surface area contributed by atoms with Crippen LogP contribution in [0, 0.1) is 11.3 Å². The number of ether oxygens (including phenoxy) is 1. The molecule has 1 rings (SSSR count). The maximum Gasteiger partial charge on any atom is 0.0615 e. The summed E-state index contributed by atoms with van der Waals surface area (Å²) in [5, 5.41) is 0. The van der Waals surface area contributed by atoms with Crippen molar-refractivity contribution in [2.75, 3.05) is 12.5 Å². The van der Waals surface area contributed by atoms with E-state index >= 15 is 0 Å². The van der Waals surface area contributed by atoms with Crippen molar-refractivity contribution in [3.8, 4) is 0 Å². The third-order valence-electron chi connectivity index (χ3n) is 3.95. The first-order valence-electron chi connectivity index (χ1n) is 5.86. The first-order chi connectivity index (χ1) is 6.68. The molecule has 84 valence electrons. The lowest BCUT2D eigenvalue weighted by molar-refractivity contribution is 0.0601. The van der Waals surface area contributed by atoms with Gasteiger partial charge < -0.3 is 4.74 Å². The van der Waals surface area contributed by atoms with Gasteiger partial charge in [-0.15, -0.1) is 11.6 Å². The maximum absolute atomic E-state index is 6.14. The summed E-state index contributed by atoms with van der Waals surface area (Å²) in [7, 11) is 0. The molecule has 1 fully saturated rings. The van der Waals surface area contributed by atoms with Crippen LogP contribution in [0.25, 0.3) is 0 Å². The number of hydrogen-bond donors (Lipinski definition) is 0. The van der Waals surface area contributed by atoms with Crippen LogP contribution in [-0.4, -0.2) is 18.6 Å². The molecule has 0 N–H and O–H groups in total. The summed E-state index contributed by atoms with van der Waals surface area (Å²) in [6, 6.07) is 0. The van der Waals surface area contributed by atoms with E-state index in [-0.39, 0.29) is 5.41 Å². The van der Waals surface area contributed by atoms with Crippen LogP contribution in [0.1, 0.15) is 46.5 Å². The molecule has 2 unspecified atom stereocenters. The van der Waals surface area contributed by atoms with Gasteiger partial charge in [0.15, 0.2) is 0 Å². The van der Waals surface area contributed by atoms with Gasteiger partial charge in [-0.3, -0.25) is 0 Å². The van der Waals surface area contributed by atoms with Crippen LogP contribution in [-0.2, 0) is 4.74 Å². The zero-order chi connectivity index (χ0) is 10.6. The van der Waals surface area contributed by atoms with Crippen molar-refractivity contribution >= 4 is 11.6 Å². The highest BCUT2D eigenvalue weighted by atomic mass is 35.5. The Morgan fingerprint density at radius 1 is 1.43 bits per heavy atom. The van der Waals surface area contributed by atoms with Crippen LogP contribution in [0.3, 0.4) is 0 Å². The first-order valence-corrected chi connectivity index (χ1v) is 6.39. The second kappa shape index (κ2) is 5.37. The maximum atomic E-state index is 6.14. The predicted molar refractivity (Wildman–Crippen MR) is 61.9 cm³/mol. The Balaban J connectivity index is 2.60. The van der Waals surface area contributed by atoms with E-state index in [9.17, 15) is 0 Å². The van der Waals surface area contributed by atoms with Gasteiger partial charge in [-0.2, -0.15) is 0 Å². The Bertz CT molecular complexity index is 168. The van der Waals surface area contributed by atoms with E-state index in [2.05, 4.69) is 20.8 Å². The van der Waals surface area contributed by atoms with Gasteiger partial charge in [0, 0.05) is 17.9 Å². The van der Waals surface area contributed by atoms with Gasteiger partial charge in [-0.05, 0) is 25.7 Å². The zero-order valence-electron chi connectivity index (χ0n) is 9.68. The van der Waals surface area contributed by atoms with Gasteiger partial charge in [0.2, 0.25) is 0 Å². The SMILES string of the molecule is CCC(CC)CC1(CCl)CCOC1C. The van der Waals surface area contributed by atoms with Crippen LogP contribution in [0.15, 0.2) is 0 Å². The molecular formula is C12H23ClO. The second-order valence-electron chi connectivity index (χ2n) is 4.65. The quantitative estimate of drug-likeness (QED) is 0.637. The molecule has 1 heterocycles. The third-order valence-corrected chi connectivity index (χ3v) is 4.48. The molecule has 2 heteroatoms. The largest absolute Gasteiger partial charge is 0.378 e. The first kappa shape index (κ1) is 12.3. The number of hydrogen-bond acceptors (Lipinski definition) is 1. The molecule has 0 saturated carbocycles. The molecule has 1 nitrogen and oxygen atoms in total. The average molecular weight is 219 g/mol. The van der Waals surface area contributed by atoms with Gasteiger partial charge in [-0.25, -0.2) is 0 Å². The second-order valence-corrected chi connectivity index (χ2v) is 4.91. The lowest BCUT2D eigenvalue weighted by atomic mass is 9.74. The monoisotopic (exact) mass is 218 g/mol. The molecule has 0 aromatic carbocycles. The van der Waals surface area contributed by atoms with E-state index in [0.29, 0.717) is 6.10 Å². The van der Waals surface area contributed by atoms with Gasteiger partial charge >= 0.3 is 0 Å². The molecular weight excluding hydrogens is 196 g/mol. The molecule has 0 radical (unpaired) electrons. The highest BCUT2D eigenvalue weighted by molar-refractivity contribution is 6.18. The van der Waals surface area contributed by atoms with E-state index in [0.717, 1.165) is 24.8 Å². The van der Waals surface area contributed by atoms with Crippen LogP contribution < -0.4 is 0 Å². The van der Waals surface area contributed by atoms with Crippen molar-refractivity contribution in [3.63, 3.8) is 0 Å². The highest BCUT2D eigenvalue weighted by Crippen LogP contribution is 2.42. The molecule has 0 aromatic rings. The van der Waals surface area contributed by atoms with Crippen molar-refractivity contribution < 1.29 is 4.74 Å². The fourth-order valence-electron chi connectivity index (χ4n) is 2.47. The minimum Gasteiger partial charge on any atom is -0.378 e. The fourth-order valence-corrected chi connectivity index (χ4v) is 2.93. The predicted octanol–water partition coefficient (Wildman–Crippen LogP) is 3.85. The summed E-state index contributed by atoms with van der Waals surface area (Å²) in [6.45, 7) is 7.62. The third kappa shape index (κ3) is 2.43. The van der Waals surface area contributed by atoms with Gasteiger partial charge in [-0.1, -0.05) is 26.7 Å². The molecule has 0 spiro atoms. The molecule has 0 aliphatic carbocycles. The molecule has 1 aliphatic heterocycles. The molecule has 2 atom stereocenters. The Kier molecular flexibility index (Phi) is 4.72. The van der Waals surface area contributed by atoms with Crippen LogP contribution in [0.4, 0.5) is 0 Å². The summed E-state index contributed by atoms with van der Waals surface area (Å²) in [6.07, 6.45) is 5.27. The Morgan fingerprint density at radius 2 is 2.07 bits per heavy atom. The Morgan fingerprint density at radius 3 is 2.43 bits per heavy atom. The van der Waals surface area contributed by atoms with Gasteiger partial charge in [0.25, 0.3) is 0 Å². The summed E-state index contributed by atoms with van der Waals surface area (Å²) in [5.41, 5.74) is 0.262. The Labute approximate surface area is 93.2 Å². The molecule has 0 bridgehead atoms. The van der Waals surface area contributed by atoms with E-state index in [1.807, 2.05) is 0 Å². The summed E-state index contributed by atoms with van der Waals surface area (Å²) in [4.78, 5) is 0. The minimum absolute atomic E-state index is 0.262. The van der Waals surface area contributed by atoms with Crippen molar-refractivity contribution in [1.82, 2.24) is 0 Å². The van der Waals surface area contributed by atoms with Crippen molar-refractivity contribution in [3.05, 3.63) is 0 Å². The number of alkyl halides is 1. The van der Waals surface area contributed by atoms with E-state index < -0.39 is 0 Å². The number of halogens is 1. The zero-order valence-corrected chi connectivity index (χ0v) is 10.4. The van der Waals surface area contributed by atoms with Gasteiger partial charge in [0.1, 0.15) is 0 Å². The van der Waals surface area contributed by atoms with Crippen LogP contribution in [0.5, 0.6) is 0 Å². The summed E-state index contributed by atoms with van der Waals surface area (Å²) >= 11 is 6.14. The summed E-state index contributed by atoms with van der Waals surface area (Å²) in [5.74, 6) is 1.57. The number of rotatable bonds is 5. The smallest absolute Gasteiger partial charge is 0.0615 e. The van der Waals surface area contributed by atoms with Crippen molar-refractivity contribution in [1.29, 1.82) is 0 Å². The fraction of sp³-hybridized carbons (Fsp3) is 1.00. The molecule has 0 amide bonds. The van der Waals surface area contributed by atoms with Crippen molar-refractivity contribution in [2.24, 2.45) is 11.3 Å². The van der Waals surface area contributed by atoms with Crippen LogP contribution >= 0.6 is 11.6 Å². The lowest BCUT2D eigenvalue weighted by Crippen LogP contribution is -2.33. The molecule has 1 aliphatic rings.